The Morgan fingerprint density at radius 3 is 2.74 bits per heavy atom. The second-order valence-corrected chi connectivity index (χ2v) is 5.51. The van der Waals surface area contributed by atoms with Crippen molar-refractivity contribution in [3.63, 3.8) is 0 Å². The van der Waals surface area contributed by atoms with Gasteiger partial charge in [0.2, 0.25) is 5.91 Å². The predicted molar refractivity (Wildman–Crippen MR) is 88.3 cm³/mol. The molecule has 0 spiro atoms. The van der Waals surface area contributed by atoms with Crippen LogP contribution >= 0.6 is 11.6 Å². The standard InChI is InChI=1S/C16H19ClN4O2/c1-3-21-14(7-11(2)20-21)16(23)19-10-15(22)18-9-12-5-4-6-13(17)8-12/h4-8H,3,9-10H2,1-2H3,(H,18,22)(H,19,23). The van der Waals surface area contributed by atoms with Crippen LogP contribution in [0.1, 0.15) is 28.7 Å². The lowest BCUT2D eigenvalue weighted by molar-refractivity contribution is -0.120. The Hall–Kier alpha value is -2.34. The van der Waals surface area contributed by atoms with E-state index in [-0.39, 0.29) is 18.4 Å². The third-order valence-corrected chi connectivity index (χ3v) is 3.46. The lowest BCUT2D eigenvalue weighted by atomic mass is 10.2. The molecule has 0 aliphatic heterocycles. The van der Waals surface area contributed by atoms with E-state index in [1.807, 2.05) is 26.0 Å². The molecule has 0 atom stereocenters. The minimum atomic E-state index is -0.314. The minimum Gasteiger partial charge on any atom is -0.350 e. The average molecular weight is 335 g/mol. The van der Waals surface area contributed by atoms with Crippen molar-refractivity contribution in [2.24, 2.45) is 0 Å². The fourth-order valence-electron chi connectivity index (χ4n) is 2.13. The Balaban J connectivity index is 1.83. The van der Waals surface area contributed by atoms with Crippen molar-refractivity contribution in [1.29, 1.82) is 0 Å². The number of aryl methyl sites for hydroxylation is 2. The number of halogens is 1. The summed E-state index contributed by atoms with van der Waals surface area (Å²) < 4.78 is 1.61. The van der Waals surface area contributed by atoms with Gasteiger partial charge in [0.1, 0.15) is 5.69 Å². The van der Waals surface area contributed by atoms with Gasteiger partial charge in [-0.1, -0.05) is 23.7 Å². The van der Waals surface area contributed by atoms with Crippen LogP contribution in [0.5, 0.6) is 0 Å². The van der Waals surface area contributed by atoms with E-state index in [9.17, 15) is 9.59 Å². The molecular weight excluding hydrogens is 316 g/mol. The van der Waals surface area contributed by atoms with E-state index >= 15 is 0 Å². The molecule has 0 radical (unpaired) electrons. The predicted octanol–water partition coefficient (Wildman–Crippen LogP) is 1.91. The van der Waals surface area contributed by atoms with Crippen molar-refractivity contribution in [2.75, 3.05) is 6.54 Å². The van der Waals surface area contributed by atoms with E-state index in [2.05, 4.69) is 15.7 Å². The normalized spacial score (nSPS) is 10.4. The molecule has 122 valence electrons. The molecule has 6 nitrogen and oxygen atoms in total. The first-order valence-corrected chi connectivity index (χ1v) is 7.71. The number of hydrogen-bond acceptors (Lipinski definition) is 3. The molecule has 1 heterocycles. The first kappa shape index (κ1) is 17.0. The van der Waals surface area contributed by atoms with E-state index in [0.29, 0.717) is 23.8 Å². The molecule has 2 amide bonds. The number of aromatic nitrogens is 2. The molecule has 1 aromatic carbocycles. The lowest BCUT2D eigenvalue weighted by Crippen LogP contribution is -2.37. The van der Waals surface area contributed by atoms with E-state index in [1.165, 1.54) is 0 Å². The summed E-state index contributed by atoms with van der Waals surface area (Å²) in [5, 5.41) is 10.2. The van der Waals surface area contributed by atoms with Gasteiger partial charge in [0, 0.05) is 18.1 Å². The van der Waals surface area contributed by atoms with Gasteiger partial charge in [-0.25, -0.2) is 0 Å². The molecular formula is C16H19ClN4O2. The van der Waals surface area contributed by atoms with Gasteiger partial charge in [0.25, 0.3) is 5.91 Å². The van der Waals surface area contributed by atoms with Gasteiger partial charge in [-0.15, -0.1) is 0 Å². The van der Waals surface area contributed by atoms with Crippen LogP contribution in [0, 0.1) is 6.92 Å². The van der Waals surface area contributed by atoms with Gasteiger partial charge >= 0.3 is 0 Å². The highest BCUT2D eigenvalue weighted by Crippen LogP contribution is 2.10. The summed E-state index contributed by atoms with van der Waals surface area (Å²) in [6, 6.07) is 8.94. The molecule has 2 rings (SSSR count). The number of hydrogen-bond donors (Lipinski definition) is 2. The SMILES string of the molecule is CCn1nc(C)cc1C(=O)NCC(=O)NCc1cccc(Cl)c1. The zero-order valence-corrected chi connectivity index (χ0v) is 13.9. The third-order valence-electron chi connectivity index (χ3n) is 3.22. The van der Waals surface area contributed by atoms with Crippen LogP contribution in [0.4, 0.5) is 0 Å². The number of benzene rings is 1. The molecule has 0 saturated heterocycles. The highest BCUT2D eigenvalue weighted by Gasteiger charge is 2.13. The Morgan fingerprint density at radius 1 is 1.26 bits per heavy atom. The number of carbonyl (C=O) groups is 2. The summed E-state index contributed by atoms with van der Waals surface area (Å²) >= 11 is 5.88. The van der Waals surface area contributed by atoms with Crippen molar-refractivity contribution in [3.05, 3.63) is 52.3 Å². The summed E-state index contributed by atoms with van der Waals surface area (Å²) in [5.41, 5.74) is 2.12. The van der Waals surface area contributed by atoms with Gasteiger partial charge in [-0.3, -0.25) is 14.3 Å². The van der Waals surface area contributed by atoms with E-state index in [4.69, 9.17) is 11.6 Å². The summed E-state index contributed by atoms with van der Waals surface area (Å²) in [6.45, 7) is 4.59. The highest BCUT2D eigenvalue weighted by atomic mass is 35.5. The fourth-order valence-corrected chi connectivity index (χ4v) is 2.34. The van der Waals surface area contributed by atoms with Gasteiger partial charge in [-0.2, -0.15) is 5.10 Å². The van der Waals surface area contributed by atoms with Gasteiger partial charge in [0.05, 0.1) is 12.2 Å². The van der Waals surface area contributed by atoms with Crippen molar-refractivity contribution in [2.45, 2.75) is 26.9 Å². The molecule has 0 fully saturated rings. The second-order valence-electron chi connectivity index (χ2n) is 5.08. The zero-order valence-electron chi connectivity index (χ0n) is 13.1. The van der Waals surface area contributed by atoms with Crippen LogP contribution in [0.2, 0.25) is 5.02 Å². The van der Waals surface area contributed by atoms with Gasteiger partial charge in [-0.05, 0) is 37.6 Å². The quantitative estimate of drug-likeness (QED) is 0.847. The monoisotopic (exact) mass is 334 g/mol. The maximum absolute atomic E-state index is 12.1. The minimum absolute atomic E-state index is 0.0899. The molecule has 2 N–H and O–H groups in total. The number of rotatable bonds is 6. The van der Waals surface area contributed by atoms with Crippen LogP contribution < -0.4 is 10.6 Å². The van der Waals surface area contributed by atoms with E-state index < -0.39 is 0 Å². The Labute approximate surface area is 139 Å². The molecule has 23 heavy (non-hydrogen) atoms. The van der Waals surface area contributed by atoms with Crippen molar-refractivity contribution in [1.82, 2.24) is 20.4 Å². The van der Waals surface area contributed by atoms with Crippen molar-refractivity contribution >= 4 is 23.4 Å². The van der Waals surface area contributed by atoms with Crippen LogP contribution in [0.3, 0.4) is 0 Å². The maximum Gasteiger partial charge on any atom is 0.269 e. The van der Waals surface area contributed by atoms with Crippen LogP contribution in [0.25, 0.3) is 0 Å². The summed E-state index contributed by atoms with van der Waals surface area (Å²) in [6.07, 6.45) is 0. The number of carbonyl (C=O) groups excluding carboxylic acids is 2. The number of nitrogens with zero attached hydrogens (tertiary/aromatic N) is 2. The topological polar surface area (TPSA) is 76.0 Å². The van der Waals surface area contributed by atoms with E-state index in [1.54, 1.807) is 22.9 Å². The molecule has 2 aromatic rings. The van der Waals surface area contributed by atoms with Gasteiger partial charge < -0.3 is 10.6 Å². The average Bonchev–Trinajstić information content (AvgIpc) is 2.92. The van der Waals surface area contributed by atoms with Crippen LogP contribution in [0.15, 0.2) is 30.3 Å². The number of amides is 2. The Bertz CT molecular complexity index is 712. The summed E-state index contributed by atoms with van der Waals surface area (Å²) in [5.74, 6) is -0.581. The number of nitrogens with one attached hydrogen (secondary N) is 2. The molecule has 0 saturated carbocycles. The molecule has 0 aliphatic carbocycles. The maximum atomic E-state index is 12.1. The molecule has 0 bridgehead atoms. The molecule has 0 unspecified atom stereocenters. The molecule has 0 aliphatic rings. The van der Waals surface area contributed by atoms with Gasteiger partial charge in [0.15, 0.2) is 0 Å². The smallest absolute Gasteiger partial charge is 0.269 e. The van der Waals surface area contributed by atoms with Crippen molar-refractivity contribution < 1.29 is 9.59 Å². The largest absolute Gasteiger partial charge is 0.350 e. The van der Waals surface area contributed by atoms with Crippen LogP contribution in [-0.4, -0.2) is 28.1 Å². The summed E-state index contributed by atoms with van der Waals surface area (Å²) in [7, 11) is 0. The first-order chi connectivity index (χ1) is 11.0. The first-order valence-electron chi connectivity index (χ1n) is 7.33. The third kappa shape index (κ3) is 4.82. The Morgan fingerprint density at radius 2 is 2.04 bits per heavy atom. The summed E-state index contributed by atoms with van der Waals surface area (Å²) in [4.78, 5) is 23.9. The van der Waals surface area contributed by atoms with Crippen LogP contribution in [-0.2, 0) is 17.9 Å². The molecule has 7 heteroatoms. The zero-order chi connectivity index (χ0) is 16.8. The Kier molecular flexibility index (Phi) is 5.76. The second kappa shape index (κ2) is 7.78. The van der Waals surface area contributed by atoms with E-state index in [0.717, 1.165) is 11.3 Å². The fraction of sp³-hybridized carbons (Fsp3) is 0.312. The van der Waals surface area contributed by atoms with Crippen molar-refractivity contribution in [3.8, 4) is 0 Å². The molecule has 1 aromatic heterocycles. The highest BCUT2D eigenvalue weighted by molar-refractivity contribution is 6.30. The lowest BCUT2D eigenvalue weighted by Gasteiger charge is -2.08.